The van der Waals surface area contributed by atoms with E-state index in [1.54, 1.807) is 24.4 Å². The first-order valence-corrected chi connectivity index (χ1v) is 7.58. The summed E-state index contributed by atoms with van der Waals surface area (Å²) in [4.78, 5) is 35.3. The number of rotatable bonds is 5. The standard InChI is InChI=1S/C17H21N3O4/c1-17(2,3)19-14(21)10-18-16(23)13-8-7-12(24-13)11-20-9-5-4-6-15(20)22/h4-9H,10-11H2,1-3H3,(H,18,23)(H,19,21). The van der Waals surface area contributed by atoms with Gasteiger partial charge in [-0.25, -0.2) is 0 Å². The summed E-state index contributed by atoms with van der Waals surface area (Å²) in [5.41, 5.74) is -0.512. The molecule has 128 valence electrons. The highest BCUT2D eigenvalue weighted by Crippen LogP contribution is 2.09. The summed E-state index contributed by atoms with van der Waals surface area (Å²) >= 11 is 0. The van der Waals surface area contributed by atoms with Crippen LogP contribution in [-0.4, -0.2) is 28.5 Å². The molecule has 2 aromatic heterocycles. The number of aromatic nitrogens is 1. The van der Waals surface area contributed by atoms with Crippen LogP contribution in [-0.2, 0) is 11.3 Å². The first-order valence-electron chi connectivity index (χ1n) is 7.58. The second kappa shape index (κ2) is 7.16. The number of pyridine rings is 1. The Morgan fingerprint density at radius 2 is 1.92 bits per heavy atom. The van der Waals surface area contributed by atoms with E-state index in [4.69, 9.17) is 4.42 Å². The Bertz CT molecular complexity index is 783. The molecule has 24 heavy (non-hydrogen) atoms. The number of hydrogen-bond acceptors (Lipinski definition) is 4. The maximum Gasteiger partial charge on any atom is 0.287 e. The zero-order valence-corrected chi connectivity index (χ0v) is 14.0. The molecule has 0 saturated heterocycles. The van der Waals surface area contributed by atoms with Gasteiger partial charge < -0.3 is 19.6 Å². The summed E-state index contributed by atoms with van der Waals surface area (Å²) in [7, 11) is 0. The van der Waals surface area contributed by atoms with Gasteiger partial charge in [0, 0.05) is 17.8 Å². The molecule has 2 N–H and O–H groups in total. The van der Waals surface area contributed by atoms with Crippen LogP contribution >= 0.6 is 0 Å². The monoisotopic (exact) mass is 331 g/mol. The Kier molecular flexibility index (Phi) is 5.23. The van der Waals surface area contributed by atoms with Gasteiger partial charge >= 0.3 is 0 Å². The maximum atomic E-state index is 12.0. The van der Waals surface area contributed by atoms with Gasteiger partial charge in [-0.15, -0.1) is 0 Å². The van der Waals surface area contributed by atoms with Crippen LogP contribution in [0.3, 0.4) is 0 Å². The van der Waals surface area contributed by atoms with Crippen molar-refractivity contribution in [3.63, 3.8) is 0 Å². The number of carbonyl (C=O) groups excluding carboxylic acids is 2. The fourth-order valence-corrected chi connectivity index (χ4v) is 2.05. The van der Waals surface area contributed by atoms with Gasteiger partial charge in [-0.3, -0.25) is 14.4 Å². The molecule has 0 aliphatic carbocycles. The van der Waals surface area contributed by atoms with Gasteiger partial charge in [0.05, 0.1) is 13.1 Å². The van der Waals surface area contributed by atoms with Crippen molar-refractivity contribution < 1.29 is 14.0 Å². The van der Waals surface area contributed by atoms with E-state index in [0.29, 0.717) is 5.76 Å². The predicted molar refractivity (Wildman–Crippen MR) is 88.7 cm³/mol. The first-order chi connectivity index (χ1) is 11.2. The second-order valence-corrected chi connectivity index (χ2v) is 6.41. The van der Waals surface area contributed by atoms with Crippen molar-refractivity contribution in [2.24, 2.45) is 0 Å². The number of nitrogens with zero attached hydrogens (tertiary/aromatic N) is 1. The minimum Gasteiger partial charge on any atom is -0.454 e. The molecule has 0 fully saturated rings. The molecule has 0 aromatic carbocycles. The quantitative estimate of drug-likeness (QED) is 0.859. The van der Waals surface area contributed by atoms with E-state index in [1.165, 1.54) is 16.7 Å². The highest BCUT2D eigenvalue weighted by atomic mass is 16.4. The lowest BCUT2D eigenvalue weighted by molar-refractivity contribution is -0.121. The lowest BCUT2D eigenvalue weighted by Crippen LogP contribution is -2.45. The third-order valence-electron chi connectivity index (χ3n) is 3.03. The minimum atomic E-state index is -0.481. The molecule has 0 saturated carbocycles. The average molecular weight is 331 g/mol. The molecule has 0 bridgehead atoms. The molecule has 0 spiro atoms. The van der Waals surface area contributed by atoms with Crippen molar-refractivity contribution in [2.45, 2.75) is 32.9 Å². The van der Waals surface area contributed by atoms with Crippen LogP contribution in [0.4, 0.5) is 0 Å². The summed E-state index contributed by atoms with van der Waals surface area (Å²) in [5.74, 6) is -0.186. The van der Waals surface area contributed by atoms with Crippen LogP contribution in [0.15, 0.2) is 45.7 Å². The van der Waals surface area contributed by atoms with E-state index in [2.05, 4.69) is 10.6 Å². The van der Waals surface area contributed by atoms with Gasteiger partial charge in [0.2, 0.25) is 5.91 Å². The van der Waals surface area contributed by atoms with Crippen molar-refractivity contribution in [1.82, 2.24) is 15.2 Å². The average Bonchev–Trinajstić information content (AvgIpc) is 2.94. The Labute approximate surface area is 139 Å². The third kappa shape index (κ3) is 5.12. The fraction of sp³-hybridized carbons (Fsp3) is 0.353. The molecule has 0 aliphatic heterocycles. The zero-order chi connectivity index (χ0) is 17.7. The minimum absolute atomic E-state index is 0.0949. The SMILES string of the molecule is CC(C)(C)NC(=O)CNC(=O)c1ccc(Cn2ccccc2=O)o1. The van der Waals surface area contributed by atoms with Crippen molar-refractivity contribution in [3.8, 4) is 0 Å². The Balaban J connectivity index is 1.93. The zero-order valence-electron chi connectivity index (χ0n) is 14.0. The molecule has 0 atom stereocenters. The highest BCUT2D eigenvalue weighted by molar-refractivity contribution is 5.94. The molecule has 7 nitrogen and oxygen atoms in total. The van der Waals surface area contributed by atoms with E-state index in [-0.39, 0.29) is 35.9 Å². The van der Waals surface area contributed by atoms with Crippen molar-refractivity contribution in [1.29, 1.82) is 0 Å². The van der Waals surface area contributed by atoms with Gasteiger partial charge in [-0.2, -0.15) is 0 Å². The van der Waals surface area contributed by atoms with Crippen LogP contribution in [0.1, 0.15) is 37.1 Å². The summed E-state index contributed by atoms with van der Waals surface area (Å²) in [6.07, 6.45) is 1.64. The lowest BCUT2D eigenvalue weighted by atomic mass is 10.1. The van der Waals surface area contributed by atoms with Gasteiger partial charge in [0.1, 0.15) is 5.76 Å². The molecule has 0 aliphatic rings. The van der Waals surface area contributed by atoms with E-state index in [1.807, 2.05) is 20.8 Å². The predicted octanol–water partition coefficient (Wildman–Crippen LogP) is 1.13. The van der Waals surface area contributed by atoms with Crippen LogP contribution in [0.25, 0.3) is 0 Å². The Hall–Kier alpha value is -2.83. The Morgan fingerprint density at radius 1 is 1.17 bits per heavy atom. The van der Waals surface area contributed by atoms with Gasteiger partial charge in [-0.05, 0) is 39.0 Å². The van der Waals surface area contributed by atoms with E-state index in [9.17, 15) is 14.4 Å². The molecule has 0 radical (unpaired) electrons. The van der Waals surface area contributed by atoms with Gasteiger partial charge in [-0.1, -0.05) is 6.07 Å². The Morgan fingerprint density at radius 3 is 2.58 bits per heavy atom. The van der Waals surface area contributed by atoms with Crippen molar-refractivity contribution in [3.05, 3.63) is 58.4 Å². The molecule has 2 rings (SSSR count). The van der Waals surface area contributed by atoms with Crippen molar-refractivity contribution >= 4 is 11.8 Å². The molecule has 2 heterocycles. The summed E-state index contributed by atoms with van der Waals surface area (Å²) < 4.78 is 6.90. The summed E-state index contributed by atoms with van der Waals surface area (Å²) in [6, 6.07) is 7.99. The van der Waals surface area contributed by atoms with Crippen LogP contribution in [0.5, 0.6) is 0 Å². The third-order valence-corrected chi connectivity index (χ3v) is 3.03. The number of nitrogens with one attached hydrogen (secondary N) is 2. The van der Waals surface area contributed by atoms with Crippen molar-refractivity contribution in [2.75, 3.05) is 6.54 Å². The molecule has 0 unspecified atom stereocenters. The molecular formula is C17H21N3O4. The summed E-state index contributed by atoms with van der Waals surface area (Å²) in [6.45, 7) is 5.67. The highest BCUT2D eigenvalue weighted by Gasteiger charge is 2.16. The molecular weight excluding hydrogens is 310 g/mol. The topological polar surface area (TPSA) is 93.3 Å². The molecule has 2 amide bonds. The van der Waals surface area contributed by atoms with Crippen LogP contribution in [0, 0.1) is 0 Å². The van der Waals surface area contributed by atoms with E-state index in [0.717, 1.165) is 0 Å². The molecule has 2 aromatic rings. The summed E-state index contributed by atoms with van der Waals surface area (Å²) in [5, 5.41) is 5.24. The maximum absolute atomic E-state index is 12.0. The number of amides is 2. The van der Waals surface area contributed by atoms with Gasteiger partial charge in [0.15, 0.2) is 5.76 Å². The van der Waals surface area contributed by atoms with Gasteiger partial charge in [0.25, 0.3) is 11.5 Å². The van der Waals surface area contributed by atoms with E-state index >= 15 is 0 Å². The lowest BCUT2D eigenvalue weighted by Gasteiger charge is -2.20. The number of carbonyl (C=O) groups is 2. The molecule has 7 heteroatoms. The first kappa shape index (κ1) is 17.5. The fourth-order valence-electron chi connectivity index (χ4n) is 2.05. The van der Waals surface area contributed by atoms with Crippen LogP contribution in [0.2, 0.25) is 0 Å². The van der Waals surface area contributed by atoms with Crippen LogP contribution < -0.4 is 16.2 Å². The van der Waals surface area contributed by atoms with E-state index < -0.39 is 5.91 Å². The number of hydrogen-bond donors (Lipinski definition) is 2. The second-order valence-electron chi connectivity index (χ2n) is 6.41. The number of furan rings is 1. The largest absolute Gasteiger partial charge is 0.454 e. The normalized spacial score (nSPS) is 11.1. The smallest absolute Gasteiger partial charge is 0.287 e.